The standard InChI is InChI=1S/C8H8F2O2/c9-8(10)7(12)6-4-1-3(4)2-5(6)11/h3-4,6,8H,1-2H2. The summed E-state index contributed by atoms with van der Waals surface area (Å²) in [7, 11) is 0. The van der Waals surface area contributed by atoms with Crippen LogP contribution in [0.2, 0.25) is 0 Å². The van der Waals surface area contributed by atoms with Crippen molar-refractivity contribution in [1.29, 1.82) is 0 Å². The summed E-state index contributed by atoms with van der Waals surface area (Å²) in [5.74, 6) is -2.20. The number of halogens is 2. The van der Waals surface area contributed by atoms with Gasteiger partial charge in [0.05, 0.1) is 5.92 Å². The zero-order chi connectivity index (χ0) is 8.88. The molecule has 0 amide bonds. The minimum absolute atomic E-state index is 0.0426. The highest BCUT2D eigenvalue weighted by molar-refractivity contribution is 6.06. The quantitative estimate of drug-likeness (QED) is 0.586. The van der Waals surface area contributed by atoms with Gasteiger partial charge in [-0.15, -0.1) is 0 Å². The van der Waals surface area contributed by atoms with Crippen LogP contribution in [0.15, 0.2) is 0 Å². The summed E-state index contributed by atoms with van der Waals surface area (Å²) in [5, 5.41) is 0. The molecule has 0 aromatic heterocycles. The maximum Gasteiger partial charge on any atom is 0.296 e. The Bertz CT molecular complexity index is 249. The number of alkyl halides is 2. The molecule has 0 saturated heterocycles. The van der Waals surface area contributed by atoms with Gasteiger partial charge in [0.2, 0.25) is 5.78 Å². The predicted octanol–water partition coefficient (Wildman–Crippen LogP) is 1.05. The molecule has 2 nitrogen and oxygen atoms in total. The van der Waals surface area contributed by atoms with Gasteiger partial charge in [0.25, 0.3) is 6.43 Å². The number of fused-ring (bicyclic) bond motifs is 1. The van der Waals surface area contributed by atoms with E-state index < -0.39 is 18.1 Å². The van der Waals surface area contributed by atoms with Crippen molar-refractivity contribution in [3.8, 4) is 0 Å². The van der Waals surface area contributed by atoms with E-state index in [1.165, 1.54) is 0 Å². The highest BCUT2D eigenvalue weighted by atomic mass is 19.3. The van der Waals surface area contributed by atoms with E-state index in [0.717, 1.165) is 6.42 Å². The summed E-state index contributed by atoms with van der Waals surface area (Å²) in [6.07, 6.45) is -1.85. The Balaban J connectivity index is 2.12. The van der Waals surface area contributed by atoms with E-state index >= 15 is 0 Å². The predicted molar refractivity (Wildman–Crippen MR) is 35.7 cm³/mol. The molecule has 0 heterocycles. The fourth-order valence-corrected chi connectivity index (χ4v) is 2.04. The fraction of sp³-hybridized carbons (Fsp3) is 0.750. The molecule has 66 valence electrons. The molecule has 0 aliphatic heterocycles. The van der Waals surface area contributed by atoms with Gasteiger partial charge in [-0.2, -0.15) is 0 Å². The van der Waals surface area contributed by atoms with Crippen LogP contribution >= 0.6 is 0 Å². The number of carbonyl (C=O) groups is 2. The molecular weight excluding hydrogens is 166 g/mol. The fourth-order valence-electron chi connectivity index (χ4n) is 2.04. The second kappa shape index (κ2) is 2.34. The number of hydrogen-bond donors (Lipinski definition) is 0. The zero-order valence-corrected chi connectivity index (χ0v) is 6.30. The lowest BCUT2D eigenvalue weighted by Gasteiger charge is -2.07. The van der Waals surface area contributed by atoms with Gasteiger partial charge in [-0.1, -0.05) is 0 Å². The normalized spacial score (nSPS) is 38.6. The SMILES string of the molecule is O=C1CC2CC2C1C(=O)C(F)F. The Labute approximate surface area is 67.9 Å². The lowest BCUT2D eigenvalue weighted by atomic mass is 9.97. The van der Waals surface area contributed by atoms with Crippen LogP contribution in [0, 0.1) is 17.8 Å². The first-order valence-electron chi connectivity index (χ1n) is 3.96. The average Bonchev–Trinajstić information content (AvgIpc) is 2.62. The van der Waals surface area contributed by atoms with Crippen molar-refractivity contribution < 1.29 is 18.4 Å². The highest BCUT2D eigenvalue weighted by Gasteiger charge is 2.57. The zero-order valence-electron chi connectivity index (χ0n) is 6.30. The summed E-state index contributed by atoms with van der Waals surface area (Å²) in [6, 6.07) is 0. The first kappa shape index (κ1) is 7.83. The molecule has 12 heavy (non-hydrogen) atoms. The smallest absolute Gasteiger partial charge is 0.296 e. The van der Waals surface area contributed by atoms with Crippen LogP contribution in [-0.2, 0) is 9.59 Å². The second-order valence-corrected chi connectivity index (χ2v) is 3.51. The van der Waals surface area contributed by atoms with Crippen molar-refractivity contribution in [3.05, 3.63) is 0 Å². The number of hydrogen-bond acceptors (Lipinski definition) is 2. The average molecular weight is 174 g/mol. The maximum atomic E-state index is 11.9. The van der Waals surface area contributed by atoms with Crippen molar-refractivity contribution in [2.45, 2.75) is 19.3 Å². The van der Waals surface area contributed by atoms with E-state index in [4.69, 9.17) is 0 Å². The van der Waals surface area contributed by atoms with Gasteiger partial charge in [0, 0.05) is 6.42 Å². The van der Waals surface area contributed by atoms with Crippen LogP contribution in [0.25, 0.3) is 0 Å². The lowest BCUT2D eigenvalue weighted by molar-refractivity contribution is -0.139. The van der Waals surface area contributed by atoms with E-state index in [1.807, 2.05) is 0 Å². The Morgan fingerprint density at radius 2 is 2.17 bits per heavy atom. The number of ketones is 2. The topological polar surface area (TPSA) is 34.1 Å². The summed E-state index contributed by atoms with van der Waals surface area (Å²) in [5.41, 5.74) is 0. The van der Waals surface area contributed by atoms with Gasteiger partial charge < -0.3 is 0 Å². The molecule has 0 aromatic rings. The van der Waals surface area contributed by atoms with E-state index in [-0.39, 0.29) is 17.6 Å². The van der Waals surface area contributed by atoms with Crippen molar-refractivity contribution in [2.75, 3.05) is 0 Å². The molecule has 0 N–H and O–H groups in total. The molecular formula is C8H8F2O2. The molecule has 2 rings (SSSR count). The third-order valence-corrected chi connectivity index (χ3v) is 2.74. The van der Waals surface area contributed by atoms with Gasteiger partial charge in [-0.05, 0) is 18.3 Å². The van der Waals surface area contributed by atoms with E-state index in [2.05, 4.69) is 0 Å². The largest absolute Gasteiger partial charge is 0.299 e. The monoisotopic (exact) mass is 174 g/mol. The molecule has 0 bridgehead atoms. The van der Waals surface area contributed by atoms with Gasteiger partial charge in [-0.25, -0.2) is 8.78 Å². The Morgan fingerprint density at radius 1 is 1.50 bits per heavy atom. The van der Waals surface area contributed by atoms with E-state index in [1.54, 1.807) is 0 Å². The van der Waals surface area contributed by atoms with Gasteiger partial charge >= 0.3 is 0 Å². The maximum absolute atomic E-state index is 11.9. The molecule has 3 atom stereocenters. The van der Waals surface area contributed by atoms with Crippen LogP contribution in [0.1, 0.15) is 12.8 Å². The third kappa shape index (κ3) is 0.974. The van der Waals surface area contributed by atoms with Crippen molar-refractivity contribution in [2.24, 2.45) is 17.8 Å². The van der Waals surface area contributed by atoms with Crippen molar-refractivity contribution in [3.63, 3.8) is 0 Å². The van der Waals surface area contributed by atoms with E-state index in [9.17, 15) is 18.4 Å². The molecule has 3 unspecified atom stereocenters. The Kier molecular flexibility index (Phi) is 1.53. The first-order valence-corrected chi connectivity index (χ1v) is 3.96. The van der Waals surface area contributed by atoms with Crippen LogP contribution in [0.4, 0.5) is 8.78 Å². The summed E-state index contributed by atoms with van der Waals surface area (Å²) < 4.78 is 23.9. The minimum atomic E-state index is -2.97. The van der Waals surface area contributed by atoms with Gasteiger partial charge in [-0.3, -0.25) is 9.59 Å². The third-order valence-electron chi connectivity index (χ3n) is 2.74. The number of carbonyl (C=O) groups excluding carboxylic acids is 2. The molecule has 0 radical (unpaired) electrons. The van der Waals surface area contributed by atoms with Crippen LogP contribution in [0.5, 0.6) is 0 Å². The Morgan fingerprint density at radius 3 is 2.58 bits per heavy atom. The number of Topliss-reactive ketones (excluding diaryl/α,β-unsaturated/α-hetero) is 2. The molecule has 0 aromatic carbocycles. The van der Waals surface area contributed by atoms with Crippen LogP contribution < -0.4 is 0 Å². The molecule has 2 saturated carbocycles. The summed E-state index contributed by atoms with van der Waals surface area (Å²) in [4.78, 5) is 21.8. The lowest BCUT2D eigenvalue weighted by Crippen LogP contribution is -2.27. The molecule has 4 heteroatoms. The first-order chi connectivity index (χ1) is 5.61. The van der Waals surface area contributed by atoms with Gasteiger partial charge in [0.1, 0.15) is 5.78 Å². The molecule has 0 spiro atoms. The van der Waals surface area contributed by atoms with Crippen LogP contribution in [-0.4, -0.2) is 18.0 Å². The van der Waals surface area contributed by atoms with Gasteiger partial charge in [0.15, 0.2) is 0 Å². The summed E-state index contributed by atoms with van der Waals surface area (Å²) in [6.45, 7) is 0. The molecule has 2 aliphatic rings. The highest BCUT2D eigenvalue weighted by Crippen LogP contribution is 2.54. The van der Waals surface area contributed by atoms with Crippen LogP contribution in [0.3, 0.4) is 0 Å². The summed E-state index contributed by atoms with van der Waals surface area (Å²) >= 11 is 0. The second-order valence-electron chi connectivity index (χ2n) is 3.51. The van der Waals surface area contributed by atoms with Crippen molar-refractivity contribution in [1.82, 2.24) is 0 Å². The molecule has 2 fully saturated rings. The Hall–Kier alpha value is -0.800. The minimum Gasteiger partial charge on any atom is -0.299 e. The number of rotatable bonds is 2. The van der Waals surface area contributed by atoms with Crippen molar-refractivity contribution >= 4 is 11.6 Å². The molecule has 2 aliphatic carbocycles. The van der Waals surface area contributed by atoms with E-state index in [0.29, 0.717) is 6.42 Å².